The van der Waals surface area contributed by atoms with Gasteiger partial charge in [-0.3, -0.25) is 14.5 Å². The van der Waals surface area contributed by atoms with Crippen molar-refractivity contribution < 1.29 is 14.3 Å². The van der Waals surface area contributed by atoms with Gasteiger partial charge in [-0.25, -0.2) is 0 Å². The SMILES string of the molecule is CCCOc1ccc(C2=C(N3CCC(Cc4ccccc4)CC3)C(=O)N(C)C2=O)cc1. The number of likely N-dealkylation sites (tertiary alicyclic amines) is 1. The molecule has 0 saturated carbocycles. The molecule has 5 nitrogen and oxygen atoms in total. The summed E-state index contributed by atoms with van der Waals surface area (Å²) in [7, 11) is 1.57. The molecule has 1 fully saturated rings. The van der Waals surface area contributed by atoms with Crippen LogP contribution in [0.15, 0.2) is 60.3 Å². The molecule has 0 aliphatic carbocycles. The Bertz CT molecular complexity index is 958. The summed E-state index contributed by atoms with van der Waals surface area (Å²) >= 11 is 0. The average molecular weight is 419 g/mol. The third kappa shape index (κ3) is 4.50. The second-order valence-corrected chi connectivity index (χ2v) is 8.39. The van der Waals surface area contributed by atoms with Gasteiger partial charge in [-0.1, -0.05) is 49.4 Å². The van der Waals surface area contributed by atoms with Gasteiger partial charge in [-0.2, -0.15) is 0 Å². The van der Waals surface area contributed by atoms with Crippen molar-refractivity contribution in [2.45, 2.75) is 32.6 Å². The molecular formula is C26H30N2O3. The van der Waals surface area contributed by atoms with Crippen molar-refractivity contribution in [1.82, 2.24) is 9.80 Å². The van der Waals surface area contributed by atoms with Crippen LogP contribution in [0.25, 0.3) is 5.57 Å². The van der Waals surface area contributed by atoms with Crippen molar-refractivity contribution in [3.8, 4) is 5.75 Å². The lowest BCUT2D eigenvalue weighted by molar-refractivity contribution is -0.136. The van der Waals surface area contributed by atoms with E-state index in [4.69, 9.17) is 4.74 Å². The van der Waals surface area contributed by atoms with Gasteiger partial charge in [0.05, 0.1) is 12.2 Å². The number of imide groups is 1. The van der Waals surface area contributed by atoms with Crippen LogP contribution in [0.4, 0.5) is 0 Å². The summed E-state index contributed by atoms with van der Waals surface area (Å²) in [6, 6.07) is 18.1. The summed E-state index contributed by atoms with van der Waals surface area (Å²) in [6.45, 7) is 4.31. The molecule has 2 aromatic rings. The molecule has 0 radical (unpaired) electrons. The lowest BCUT2D eigenvalue weighted by Crippen LogP contribution is -2.38. The Morgan fingerprint density at radius 1 is 0.935 bits per heavy atom. The monoisotopic (exact) mass is 418 g/mol. The summed E-state index contributed by atoms with van der Waals surface area (Å²) in [5.41, 5.74) is 3.19. The Balaban J connectivity index is 1.52. The maximum absolute atomic E-state index is 13.0. The number of hydrogen-bond acceptors (Lipinski definition) is 4. The number of nitrogens with zero attached hydrogens (tertiary/aromatic N) is 2. The fourth-order valence-electron chi connectivity index (χ4n) is 4.43. The van der Waals surface area contributed by atoms with E-state index in [9.17, 15) is 9.59 Å². The second-order valence-electron chi connectivity index (χ2n) is 8.39. The van der Waals surface area contributed by atoms with Crippen LogP contribution in [-0.4, -0.2) is 48.4 Å². The van der Waals surface area contributed by atoms with E-state index in [0.717, 1.165) is 50.1 Å². The highest BCUT2D eigenvalue weighted by Crippen LogP contribution is 2.34. The minimum atomic E-state index is -0.228. The molecule has 2 aliphatic heterocycles. The summed E-state index contributed by atoms with van der Waals surface area (Å²) < 4.78 is 5.66. The molecular weight excluding hydrogens is 388 g/mol. The van der Waals surface area contributed by atoms with Crippen LogP contribution in [0.5, 0.6) is 5.75 Å². The number of likely N-dealkylation sites (N-methyl/N-ethyl adjacent to an activating group) is 1. The number of carbonyl (C=O) groups is 2. The molecule has 0 bridgehead atoms. The lowest BCUT2D eigenvalue weighted by Gasteiger charge is -2.34. The molecule has 2 aliphatic rings. The molecule has 0 atom stereocenters. The largest absolute Gasteiger partial charge is 0.494 e. The fraction of sp³-hybridized carbons (Fsp3) is 0.385. The standard InChI is InChI=1S/C26H30N2O3/c1-3-17-31-22-11-9-21(10-12-22)23-24(26(30)27(2)25(23)29)28-15-13-20(14-16-28)18-19-7-5-4-6-8-19/h4-12,20H,3,13-18H2,1-2H3. The molecule has 31 heavy (non-hydrogen) atoms. The van der Waals surface area contributed by atoms with Gasteiger partial charge in [0.1, 0.15) is 11.4 Å². The molecule has 2 heterocycles. The third-order valence-electron chi connectivity index (χ3n) is 6.18. The molecule has 1 saturated heterocycles. The zero-order valence-corrected chi connectivity index (χ0v) is 18.3. The predicted octanol–water partition coefficient (Wildman–Crippen LogP) is 4.14. The molecule has 2 amide bonds. The number of ether oxygens (including phenoxy) is 1. The highest BCUT2D eigenvalue weighted by Gasteiger charge is 2.40. The summed E-state index contributed by atoms with van der Waals surface area (Å²) in [4.78, 5) is 29.2. The smallest absolute Gasteiger partial charge is 0.277 e. The lowest BCUT2D eigenvalue weighted by atomic mass is 9.89. The van der Waals surface area contributed by atoms with Gasteiger partial charge in [-0.15, -0.1) is 0 Å². The average Bonchev–Trinajstić information content (AvgIpc) is 3.03. The highest BCUT2D eigenvalue weighted by atomic mass is 16.5. The topological polar surface area (TPSA) is 49.9 Å². The first-order valence-corrected chi connectivity index (χ1v) is 11.2. The van der Waals surface area contributed by atoms with Crippen LogP contribution in [0.2, 0.25) is 0 Å². The summed E-state index contributed by atoms with van der Waals surface area (Å²) in [6.07, 6.45) is 4.03. The predicted molar refractivity (Wildman–Crippen MR) is 121 cm³/mol. The Morgan fingerprint density at radius 2 is 1.61 bits per heavy atom. The van der Waals surface area contributed by atoms with Crippen LogP contribution in [0.1, 0.15) is 37.3 Å². The fourth-order valence-corrected chi connectivity index (χ4v) is 4.43. The first-order chi connectivity index (χ1) is 15.1. The van der Waals surface area contributed by atoms with Crippen molar-refractivity contribution in [1.29, 1.82) is 0 Å². The van der Waals surface area contributed by atoms with Crippen LogP contribution < -0.4 is 4.74 Å². The van der Waals surface area contributed by atoms with E-state index in [-0.39, 0.29) is 11.8 Å². The van der Waals surface area contributed by atoms with Crippen LogP contribution in [-0.2, 0) is 16.0 Å². The van der Waals surface area contributed by atoms with Gasteiger partial charge in [0.2, 0.25) is 0 Å². The molecule has 162 valence electrons. The third-order valence-corrected chi connectivity index (χ3v) is 6.18. The van der Waals surface area contributed by atoms with E-state index >= 15 is 0 Å². The quantitative estimate of drug-likeness (QED) is 0.634. The van der Waals surface area contributed by atoms with Gasteiger partial charge in [0, 0.05) is 20.1 Å². The van der Waals surface area contributed by atoms with E-state index in [0.29, 0.717) is 23.8 Å². The molecule has 0 unspecified atom stereocenters. The van der Waals surface area contributed by atoms with Gasteiger partial charge >= 0.3 is 0 Å². The molecule has 0 N–H and O–H groups in total. The van der Waals surface area contributed by atoms with E-state index in [1.165, 1.54) is 10.5 Å². The number of carbonyl (C=O) groups excluding carboxylic acids is 2. The van der Waals surface area contributed by atoms with E-state index < -0.39 is 0 Å². The van der Waals surface area contributed by atoms with Crippen LogP contribution in [0.3, 0.4) is 0 Å². The van der Waals surface area contributed by atoms with Gasteiger partial charge < -0.3 is 9.64 Å². The Kier molecular flexibility index (Phi) is 6.40. The minimum Gasteiger partial charge on any atom is -0.494 e. The number of amides is 2. The minimum absolute atomic E-state index is 0.201. The van der Waals surface area contributed by atoms with E-state index in [1.807, 2.05) is 30.3 Å². The van der Waals surface area contributed by atoms with Crippen LogP contribution >= 0.6 is 0 Å². The zero-order valence-electron chi connectivity index (χ0n) is 18.3. The first kappa shape index (κ1) is 21.2. The van der Waals surface area contributed by atoms with Crippen molar-refractivity contribution in [2.24, 2.45) is 5.92 Å². The van der Waals surface area contributed by atoms with Crippen molar-refractivity contribution >= 4 is 17.4 Å². The van der Waals surface area contributed by atoms with Crippen molar-refractivity contribution in [3.05, 3.63) is 71.4 Å². The zero-order chi connectivity index (χ0) is 21.8. The number of benzene rings is 2. The van der Waals surface area contributed by atoms with Gasteiger partial charge in [0.15, 0.2) is 0 Å². The van der Waals surface area contributed by atoms with Crippen molar-refractivity contribution in [2.75, 3.05) is 26.7 Å². The van der Waals surface area contributed by atoms with E-state index in [1.54, 1.807) is 7.05 Å². The maximum atomic E-state index is 13.0. The Labute approximate surface area is 184 Å². The number of rotatable bonds is 7. The van der Waals surface area contributed by atoms with Gasteiger partial charge in [-0.05, 0) is 54.9 Å². The molecule has 5 heteroatoms. The first-order valence-electron chi connectivity index (χ1n) is 11.2. The second kappa shape index (κ2) is 9.38. The molecule has 2 aromatic carbocycles. The van der Waals surface area contributed by atoms with Crippen molar-refractivity contribution in [3.63, 3.8) is 0 Å². The molecule has 0 aromatic heterocycles. The Morgan fingerprint density at radius 3 is 2.26 bits per heavy atom. The number of hydrogen-bond donors (Lipinski definition) is 0. The van der Waals surface area contributed by atoms with Gasteiger partial charge in [0.25, 0.3) is 11.8 Å². The highest BCUT2D eigenvalue weighted by molar-refractivity contribution is 6.35. The summed E-state index contributed by atoms with van der Waals surface area (Å²) in [5.74, 6) is 0.948. The number of piperidine rings is 1. The normalized spacial score (nSPS) is 17.6. The molecule has 0 spiro atoms. The van der Waals surface area contributed by atoms with Crippen LogP contribution in [0, 0.1) is 5.92 Å². The Hall–Kier alpha value is -3.08. The van der Waals surface area contributed by atoms with E-state index in [2.05, 4.69) is 36.1 Å². The summed E-state index contributed by atoms with van der Waals surface area (Å²) in [5, 5.41) is 0. The molecule has 4 rings (SSSR count). The maximum Gasteiger partial charge on any atom is 0.277 e.